The van der Waals surface area contributed by atoms with E-state index >= 15 is 0 Å². The van der Waals surface area contributed by atoms with Gasteiger partial charge < -0.3 is 10.6 Å². The summed E-state index contributed by atoms with van der Waals surface area (Å²) in [5.74, 6) is 0.108. The van der Waals surface area contributed by atoms with Gasteiger partial charge in [0.1, 0.15) is 5.82 Å². The lowest BCUT2D eigenvalue weighted by atomic mass is 9.92. The summed E-state index contributed by atoms with van der Waals surface area (Å²) >= 11 is 0. The predicted octanol–water partition coefficient (Wildman–Crippen LogP) is 1.49. The number of nitrogens with one attached hydrogen (secondary N) is 2. The molecule has 1 aromatic carbocycles. The van der Waals surface area contributed by atoms with Crippen LogP contribution < -0.4 is 10.6 Å². The quantitative estimate of drug-likeness (QED) is 0.769. The van der Waals surface area contributed by atoms with Crippen molar-refractivity contribution in [2.75, 3.05) is 19.6 Å². The van der Waals surface area contributed by atoms with Gasteiger partial charge in [-0.1, -0.05) is 25.1 Å². The largest absolute Gasteiger partial charge is 0.314 e. The first kappa shape index (κ1) is 10.6. The number of hydrogen-bond donors (Lipinski definition) is 2. The zero-order chi connectivity index (χ0) is 10.7. The molecule has 0 saturated carbocycles. The second-order valence-electron chi connectivity index (χ2n) is 4.07. The van der Waals surface area contributed by atoms with Crippen LogP contribution in [0.3, 0.4) is 0 Å². The molecule has 1 saturated heterocycles. The van der Waals surface area contributed by atoms with Crippen LogP contribution in [0, 0.1) is 5.82 Å². The predicted molar refractivity (Wildman–Crippen MR) is 59.5 cm³/mol. The molecular weight excluding hydrogens is 191 g/mol. The van der Waals surface area contributed by atoms with Crippen molar-refractivity contribution in [2.45, 2.75) is 18.9 Å². The van der Waals surface area contributed by atoms with E-state index in [1.807, 2.05) is 12.1 Å². The molecule has 2 atom stereocenters. The van der Waals surface area contributed by atoms with Gasteiger partial charge in [-0.05, 0) is 11.6 Å². The van der Waals surface area contributed by atoms with E-state index < -0.39 is 0 Å². The van der Waals surface area contributed by atoms with E-state index in [-0.39, 0.29) is 11.7 Å². The zero-order valence-electron chi connectivity index (χ0n) is 8.96. The molecule has 15 heavy (non-hydrogen) atoms. The third-order valence-electron chi connectivity index (χ3n) is 3.07. The first-order valence-corrected chi connectivity index (χ1v) is 5.47. The van der Waals surface area contributed by atoms with Crippen LogP contribution in [0.25, 0.3) is 0 Å². The van der Waals surface area contributed by atoms with Crippen LogP contribution in [0.4, 0.5) is 4.39 Å². The van der Waals surface area contributed by atoms with Crippen molar-refractivity contribution in [3.8, 4) is 0 Å². The van der Waals surface area contributed by atoms with E-state index in [1.165, 1.54) is 6.07 Å². The first-order chi connectivity index (χ1) is 7.29. The molecule has 0 amide bonds. The molecule has 2 N–H and O–H groups in total. The van der Waals surface area contributed by atoms with E-state index in [4.69, 9.17) is 0 Å². The van der Waals surface area contributed by atoms with Crippen molar-refractivity contribution in [1.29, 1.82) is 0 Å². The fraction of sp³-hybridized carbons (Fsp3) is 0.500. The van der Waals surface area contributed by atoms with Crippen LogP contribution in [0.5, 0.6) is 0 Å². The number of benzene rings is 1. The molecule has 0 radical (unpaired) electrons. The topological polar surface area (TPSA) is 24.1 Å². The molecule has 1 fully saturated rings. The number of halogens is 1. The highest BCUT2D eigenvalue weighted by molar-refractivity contribution is 5.23. The summed E-state index contributed by atoms with van der Waals surface area (Å²) in [6.45, 7) is 4.95. The molecule has 0 aliphatic carbocycles. The van der Waals surface area contributed by atoms with E-state index in [2.05, 4.69) is 17.6 Å². The fourth-order valence-corrected chi connectivity index (χ4v) is 2.09. The van der Waals surface area contributed by atoms with Crippen LogP contribution in [0.15, 0.2) is 24.3 Å². The molecular formula is C12H17FN2. The maximum Gasteiger partial charge on any atom is 0.126 e. The third kappa shape index (κ3) is 2.36. The summed E-state index contributed by atoms with van der Waals surface area (Å²) in [5.41, 5.74) is 0.804. The van der Waals surface area contributed by atoms with Crippen molar-refractivity contribution in [2.24, 2.45) is 0 Å². The minimum atomic E-state index is -0.0997. The van der Waals surface area contributed by atoms with Crippen LogP contribution >= 0.6 is 0 Å². The molecule has 1 aliphatic rings. The van der Waals surface area contributed by atoms with Crippen LogP contribution in [0.2, 0.25) is 0 Å². The van der Waals surface area contributed by atoms with Gasteiger partial charge in [-0.25, -0.2) is 4.39 Å². The van der Waals surface area contributed by atoms with Gasteiger partial charge in [-0.3, -0.25) is 0 Å². The normalized spacial score (nSPS) is 23.7. The Morgan fingerprint density at radius 2 is 2.13 bits per heavy atom. The molecule has 3 heteroatoms. The Balaban J connectivity index is 2.12. The van der Waals surface area contributed by atoms with Crippen LogP contribution in [0.1, 0.15) is 18.4 Å². The summed E-state index contributed by atoms with van der Waals surface area (Å²) in [7, 11) is 0. The van der Waals surface area contributed by atoms with Crippen molar-refractivity contribution in [3.05, 3.63) is 35.6 Å². The molecule has 1 heterocycles. The first-order valence-electron chi connectivity index (χ1n) is 5.47. The third-order valence-corrected chi connectivity index (χ3v) is 3.07. The smallest absolute Gasteiger partial charge is 0.126 e. The Morgan fingerprint density at radius 3 is 2.80 bits per heavy atom. The number of rotatable bonds is 2. The highest BCUT2D eigenvalue weighted by Crippen LogP contribution is 2.22. The molecule has 2 nitrogen and oxygen atoms in total. The van der Waals surface area contributed by atoms with Crippen LogP contribution in [-0.4, -0.2) is 25.7 Å². The van der Waals surface area contributed by atoms with Gasteiger partial charge in [-0.15, -0.1) is 0 Å². The molecule has 0 aromatic heterocycles. The van der Waals surface area contributed by atoms with Gasteiger partial charge in [0, 0.05) is 31.6 Å². The zero-order valence-corrected chi connectivity index (χ0v) is 8.96. The summed E-state index contributed by atoms with van der Waals surface area (Å²) in [6, 6.07) is 7.36. The standard InChI is InChI=1S/C12H17FN2/c1-9(12-8-14-6-7-15-12)10-4-2-3-5-11(10)13/h2-5,9,12,14-15H,6-8H2,1H3. The summed E-state index contributed by atoms with van der Waals surface area (Å²) in [6.07, 6.45) is 0. The maximum atomic E-state index is 13.5. The Kier molecular flexibility index (Phi) is 3.34. The lowest BCUT2D eigenvalue weighted by molar-refractivity contribution is 0.372. The lowest BCUT2D eigenvalue weighted by Gasteiger charge is -2.30. The minimum Gasteiger partial charge on any atom is -0.314 e. The average Bonchev–Trinajstić information content (AvgIpc) is 2.30. The Labute approximate surface area is 89.9 Å². The fourth-order valence-electron chi connectivity index (χ4n) is 2.09. The monoisotopic (exact) mass is 208 g/mol. The second-order valence-corrected chi connectivity index (χ2v) is 4.07. The highest BCUT2D eigenvalue weighted by atomic mass is 19.1. The van der Waals surface area contributed by atoms with Gasteiger partial charge in [0.2, 0.25) is 0 Å². The van der Waals surface area contributed by atoms with E-state index in [0.717, 1.165) is 25.2 Å². The maximum absolute atomic E-state index is 13.5. The average molecular weight is 208 g/mol. The van der Waals surface area contributed by atoms with Crippen LogP contribution in [-0.2, 0) is 0 Å². The van der Waals surface area contributed by atoms with Crippen molar-refractivity contribution in [3.63, 3.8) is 0 Å². The number of hydrogen-bond acceptors (Lipinski definition) is 2. The van der Waals surface area contributed by atoms with Gasteiger partial charge in [0.05, 0.1) is 0 Å². The van der Waals surface area contributed by atoms with Crippen molar-refractivity contribution >= 4 is 0 Å². The second kappa shape index (κ2) is 4.73. The molecule has 0 bridgehead atoms. The highest BCUT2D eigenvalue weighted by Gasteiger charge is 2.22. The van der Waals surface area contributed by atoms with E-state index in [0.29, 0.717) is 6.04 Å². The molecule has 82 valence electrons. The minimum absolute atomic E-state index is 0.0997. The summed E-state index contributed by atoms with van der Waals surface area (Å²) < 4.78 is 13.5. The van der Waals surface area contributed by atoms with E-state index in [9.17, 15) is 4.39 Å². The van der Waals surface area contributed by atoms with E-state index in [1.54, 1.807) is 6.07 Å². The SMILES string of the molecule is CC(c1ccccc1F)C1CNCCN1. The molecule has 0 spiro atoms. The molecule has 2 rings (SSSR count). The van der Waals surface area contributed by atoms with Gasteiger partial charge in [0.25, 0.3) is 0 Å². The van der Waals surface area contributed by atoms with Crippen molar-refractivity contribution in [1.82, 2.24) is 10.6 Å². The van der Waals surface area contributed by atoms with Crippen molar-refractivity contribution < 1.29 is 4.39 Å². The number of piperazine rings is 1. The Hall–Kier alpha value is -0.930. The summed E-state index contributed by atoms with van der Waals surface area (Å²) in [5, 5.41) is 6.74. The Morgan fingerprint density at radius 1 is 1.33 bits per heavy atom. The van der Waals surface area contributed by atoms with Gasteiger partial charge in [0.15, 0.2) is 0 Å². The molecule has 1 aromatic rings. The lowest BCUT2D eigenvalue weighted by Crippen LogP contribution is -2.50. The molecule has 1 aliphatic heterocycles. The Bertz CT molecular complexity index is 321. The van der Waals surface area contributed by atoms with Gasteiger partial charge in [-0.2, -0.15) is 0 Å². The van der Waals surface area contributed by atoms with Gasteiger partial charge >= 0.3 is 0 Å². The summed E-state index contributed by atoms with van der Waals surface area (Å²) in [4.78, 5) is 0. The molecule has 2 unspecified atom stereocenters.